The van der Waals surface area contributed by atoms with Crippen LogP contribution in [-0.4, -0.2) is 5.24 Å². The average Bonchev–Trinajstić information content (AvgIpc) is 2.72. The molecule has 0 spiro atoms. The molecule has 4 heteroatoms. The van der Waals surface area contributed by atoms with E-state index in [-0.39, 0.29) is 5.24 Å². The van der Waals surface area contributed by atoms with E-state index in [0.717, 1.165) is 31.2 Å². The molecule has 1 saturated carbocycles. The Balaban J connectivity index is 2.47. The van der Waals surface area contributed by atoms with Crippen molar-refractivity contribution in [3.05, 3.63) is 33.8 Å². The van der Waals surface area contributed by atoms with Crippen LogP contribution in [0.3, 0.4) is 0 Å². The fraction of sp³-hybridized carbons (Fsp3) is 0.417. The van der Waals surface area contributed by atoms with Crippen molar-refractivity contribution in [3.8, 4) is 0 Å². The minimum atomic E-state index is -0.546. The maximum Gasteiger partial charge on any atom is 0.232 e. The molecule has 1 aliphatic carbocycles. The first-order valence-electron chi connectivity index (χ1n) is 5.22. The molecule has 0 unspecified atom stereocenters. The number of halogens is 3. The molecule has 86 valence electrons. The smallest absolute Gasteiger partial charge is 0.232 e. The van der Waals surface area contributed by atoms with Crippen molar-refractivity contribution in [2.75, 3.05) is 0 Å². The Labute approximate surface area is 110 Å². The first-order valence-corrected chi connectivity index (χ1v) is 6.35. The zero-order chi connectivity index (χ0) is 11.8. The van der Waals surface area contributed by atoms with Crippen LogP contribution >= 0.6 is 34.8 Å². The molecule has 0 bridgehead atoms. The molecule has 1 nitrogen and oxygen atoms in total. The summed E-state index contributed by atoms with van der Waals surface area (Å²) in [6, 6.07) is 5.33. The maximum atomic E-state index is 11.7. The van der Waals surface area contributed by atoms with E-state index in [2.05, 4.69) is 0 Å². The lowest BCUT2D eigenvalue weighted by molar-refractivity contribution is -0.116. The monoisotopic (exact) mass is 276 g/mol. The van der Waals surface area contributed by atoms with Crippen LogP contribution in [0, 0.1) is 0 Å². The fourth-order valence-electron chi connectivity index (χ4n) is 2.37. The van der Waals surface area contributed by atoms with E-state index in [4.69, 9.17) is 34.8 Å². The molecule has 1 fully saturated rings. The number of carbonyl (C=O) groups is 1. The Hall–Kier alpha value is -0.240. The van der Waals surface area contributed by atoms with E-state index >= 15 is 0 Å². The van der Waals surface area contributed by atoms with Crippen LogP contribution in [0.1, 0.15) is 31.2 Å². The van der Waals surface area contributed by atoms with E-state index < -0.39 is 5.41 Å². The molecule has 0 amide bonds. The lowest BCUT2D eigenvalue weighted by Crippen LogP contribution is -2.29. The van der Waals surface area contributed by atoms with E-state index in [1.165, 1.54) is 0 Å². The van der Waals surface area contributed by atoms with E-state index in [9.17, 15) is 4.79 Å². The zero-order valence-electron chi connectivity index (χ0n) is 8.60. The second-order valence-corrected chi connectivity index (χ2v) is 5.35. The highest BCUT2D eigenvalue weighted by Gasteiger charge is 2.41. The van der Waals surface area contributed by atoms with Crippen LogP contribution < -0.4 is 0 Å². The van der Waals surface area contributed by atoms with Gasteiger partial charge < -0.3 is 0 Å². The van der Waals surface area contributed by atoms with Gasteiger partial charge in [-0.25, -0.2) is 0 Å². The fourth-order valence-corrected chi connectivity index (χ4v) is 2.97. The Kier molecular flexibility index (Phi) is 3.48. The van der Waals surface area contributed by atoms with Gasteiger partial charge in [0.15, 0.2) is 0 Å². The molecule has 0 N–H and O–H groups in total. The molecular formula is C12H11Cl3O. The highest BCUT2D eigenvalue weighted by Crippen LogP contribution is 2.44. The molecule has 0 aromatic heterocycles. The zero-order valence-corrected chi connectivity index (χ0v) is 10.9. The predicted octanol–water partition coefficient (Wildman–Crippen LogP) is 4.57. The normalized spacial score (nSPS) is 18.7. The maximum absolute atomic E-state index is 11.7. The molecule has 0 aliphatic heterocycles. The van der Waals surface area contributed by atoms with Crippen molar-refractivity contribution in [2.45, 2.75) is 31.1 Å². The molecular weight excluding hydrogens is 266 g/mol. The van der Waals surface area contributed by atoms with Gasteiger partial charge in [0.2, 0.25) is 5.24 Å². The van der Waals surface area contributed by atoms with E-state index in [0.29, 0.717) is 10.0 Å². The Morgan fingerprint density at radius 1 is 1.12 bits per heavy atom. The quantitative estimate of drug-likeness (QED) is 0.724. The van der Waals surface area contributed by atoms with Crippen molar-refractivity contribution < 1.29 is 4.79 Å². The van der Waals surface area contributed by atoms with Crippen LogP contribution in [0.2, 0.25) is 10.0 Å². The van der Waals surface area contributed by atoms with Gasteiger partial charge in [0.25, 0.3) is 0 Å². The second kappa shape index (κ2) is 4.56. The summed E-state index contributed by atoms with van der Waals surface area (Å²) in [6.07, 6.45) is 3.65. The number of hydrogen-bond donors (Lipinski definition) is 0. The second-order valence-electron chi connectivity index (χ2n) is 4.19. The summed E-state index contributed by atoms with van der Waals surface area (Å²) in [5.74, 6) is 0. The van der Waals surface area contributed by atoms with Crippen LogP contribution in [0.15, 0.2) is 18.2 Å². The number of benzene rings is 1. The Morgan fingerprint density at radius 3 is 2.25 bits per heavy atom. The van der Waals surface area contributed by atoms with Gasteiger partial charge in [-0.15, -0.1) is 0 Å². The van der Waals surface area contributed by atoms with Gasteiger partial charge in [-0.2, -0.15) is 0 Å². The summed E-state index contributed by atoms with van der Waals surface area (Å²) in [5.41, 5.74) is 0.342. The van der Waals surface area contributed by atoms with Crippen molar-refractivity contribution in [1.29, 1.82) is 0 Å². The molecule has 1 aliphatic rings. The highest BCUT2D eigenvalue weighted by molar-refractivity contribution is 6.65. The minimum absolute atomic E-state index is 0.289. The minimum Gasteiger partial charge on any atom is -0.280 e. The van der Waals surface area contributed by atoms with Crippen LogP contribution in [-0.2, 0) is 10.2 Å². The van der Waals surface area contributed by atoms with Gasteiger partial charge in [0.1, 0.15) is 0 Å². The molecule has 0 saturated heterocycles. The summed E-state index contributed by atoms with van der Waals surface area (Å²) in [7, 11) is 0. The summed E-state index contributed by atoms with van der Waals surface area (Å²) in [6.45, 7) is 0. The van der Waals surface area contributed by atoms with Gasteiger partial charge in [-0.05, 0) is 42.1 Å². The predicted molar refractivity (Wildman–Crippen MR) is 67.5 cm³/mol. The van der Waals surface area contributed by atoms with Crippen molar-refractivity contribution >= 4 is 40.0 Å². The van der Waals surface area contributed by atoms with E-state index in [1.54, 1.807) is 12.1 Å². The number of carbonyl (C=O) groups excluding carboxylic acids is 1. The molecule has 0 radical (unpaired) electrons. The van der Waals surface area contributed by atoms with Gasteiger partial charge in [-0.1, -0.05) is 42.1 Å². The van der Waals surface area contributed by atoms with Crippen LogP contribution in [0.25, 0.3) is 0 Å². The van der Waals surface area contributed by atoms with Crippen LogP contribution in [0.5, 0.6) is 0 Å². The summed E-state index contributed by atoms with van der Waals surface area (Å²) < 4.78 is 0. The first kappa shape index (κ1) is 12.2. The van der Waals surface area contributed by atoms with Crippen LogP contribution in [0.4, 0.5) is 0 Å². The summed E-state index contributed by atoms with van der Waals surface area (Å²) in [5, 5.41) is 0.687. The van der Waals surface area contributed by atoms with Gasteiger partial charge in [-0.3, -0.25) is 4.79 Å². The molecule has 0 heterocycles. The van der Waals surface area contributed by atoms with Crippen molar-refractivity contribution in [1.82, 2.24) is 0 Å². The summed E-state index contributed by atoms with van der Waals surface area (Å²) >= 11 is 17.6. The summed E-state index contributed by atoms with van der Waals surface area (Å²) in [4.78, 5) is 11.7. The third-order valence-electron chi connectivity index (χ3n) is 3.31. The van der Waals surface area contributed by atoms with Crippen molar-refractivity contribution in [2.24, 2.45) is 0 Å². The third kappa shape index (κ3) is 1.97. The van der Waals surface area contributed by atoms with E-state index in [1.807, 2.05) is 6.07 Å². The standard InChI is InChI=1S/C12H11Cl3O/c13-9-4-3-8(7-10(9)14)12(11(15)16)5-1-2-6-12/h3-4,7H,1-2,5-6H2. The van der Waals surface area contributed by atoms with Gasteiger partial charge in [0, 0.05) is 0 Å². The largest absolute Gasteiger partial charge is 0.280 e. The lowest BCUT2D eigenvalue weighted by Gasteiger charge is -2.25. The molecule has 1 aromatic carbocycles. The van der Waals surface area contributed by atoms with Gasteiger partial charge in [0.05, 0.1) is 15.5 Å². The topological polar surface area (TPSA) is 17.1 Å². The van der Waals surface area contributed by atoms with Crippen molar-refractivity contribution in [3.63, 3.8) is 0 Å². The Morgan fingerprint density at radius 2 is 1.75 bits per heavy atom. The average molecular weight is 278 g/mol. The Bertz CT molecular complexity index is 422. The third-order valence-corrected chi connectivity index (χ3v) is 4.41. The molecule has 0 atom stereocenters. The SMILES string of the molecule is O=C(Cl)C1(c2ccc(Cl)c(Cl)c2)CCCC1. The highest BCUT2D eigenvalue weighted by atomic mass is 35.5. The molecule has 1 aromatic rings. The molecule has 16 heavy (non-hydrogen) atoms. The lowest BCUT2D eigenvalue weighted by atomic mass is 9.80. The number of rotatable bonds is 2. The van der Waals surface area contributed by atoms with Gasteiger partial charge >= 0.3 is 0 Å². The molecule has 2 rings (SSSR count). The first-order chi connectivity index (χ1) is 7.56. The number of hydrogen-bond acceptors (Lipinski definition) is 1.